The number of nitro benzene ring substituents is 1. The molecule has 1 atom stereocenters. The lowest BCUT2D eigenvalue weighted by Crippen LogP contribution is -2.22. The number of nitrogens with one attached hydrogen (secondary N) is 1. The van der Waals surface area contributed by atoms with Crippen molar-refractivity contribution in [3.63, 3.8) is 0 Å². The first-order valence-electron chi connectivity index (χ1n) is 10.7. The highest BCUT2D eigenvalue weighted by Crippen LogP contribution is 2.36. The summed E-state index contributed by atoms with van der Waals surface area (Å²) < 4.78 is 0. The molecular formula is C27H20N4O3S. The summed E-state index contributed by atoms with van der Waals surface area (Å²) in [7, 11) is 0. The van der Waals surface area contributed by atoms with E-state index in [1.165, 1.54) is 30.0 Å². The van der Waals surface area contributed by atoms with Gasteiger partial charge < -0.3 is 5.32 Å². The van der Waals surface area contributed by atoms with E-state index in [0.29, 0.717) is 22.0 Å². The van der Waals surface area contributed by atoms with Gasteiger partial charge in [-0.2, -0.15) is 5.26 Å². The molecule has 4 rings (SSSR count). The largest absolute Gasteiger partial charge is 0.325 e. The normalized spacial score (nSPS) is 11.3. The lowest BCUT2D eigenvalue weighted by molar-refractivity contribution is -0.384. The fourth-order valence-corrected chi connectivity index (χ4v) is 4.40. The first-order chi connectivity index (χ1) is 17.0. The quantitative estimate of drug-likeness (QED) is 0.188. The number of benzene rings is 3. The van der Waals surface area contributed by atoms with Crippen molar-refractivity contribution in [3.8, 4) is 28.5 Å². The number of anilines is 1. The van der Waals surface area contributed by atoms with Crippen LogP contribution in [-0.2, 0) is 4.79 Å². The maximum atomic E-state index is 12.9. The van der Waals surface area contributed by atoms with Crippen molar-refractivity contribution in [2.45, 2.75) is 17.2 Å². The summed E-state index contributed by atoms with van der Waals surface area (Å²) in [5, 5.41) is 23.6. The zero-order valence-corrected chi connectivity index (χ0v) is 19.5. The van der Waals surface area contributed by atoms with Gasteiger partial charge in [-0.05, 0) is 24.6 Å². The molecule has 1 aromatic heterocycles. The van der Waals surface area contributed by atoms with Crippen LogP contribution in [0.15, 0.2) is 96.0 Å². The lowest BCUT2D eigenvalue weighted by Gasteiger charge is -2.16. The molecule has 0 aliphatic carbocycles. The number of thioether (sulfide) groups is 1. The topological polar surface area (TPSA) is 109 Å². The second-order valence-corrected chi connectivity index (χ2v) is 8.97. The smallest absolute Gasteiger partial charge is 0.271 e. The van der Waals surface area contributed by atoms with E-state index >= 15 is 0 Å². The third-order valence-corrected chi connectivity index (χ3v) is 6.32. The molecule has 172 valence electrons. The molecule has 0 spiro atoms. The molecule has 1 heterocycles. The van der Waals surface area contributed by atoms with Crippen LogP contribution < -0.4 is 5.32 Å². The molecular weight excluding hydrogens is 460 g/mol. The van der Waals surface area contributed by atoms with E-state index in [9.17, 15) is 20.2 Å². The predicted octanol–water partition coefficient (Wildman–Crippen LogP) is 6.31. The van der Waals surface area contributed by atoms with E-state index in [4.69, 9.17) is 4.98 Å². The third kappa shape index (κ3) is 5.54. The molecule has 1 N–H and O–H groups in total. The van der Waals surface area contributed by atoms with Crippen LogP contribution in [-0.4, -0.2) is 21.1 Å². The fourth-order valence-electron chi connectivity index (χ4n) is 3.48. The van der Waals surface area contributed by atoms with Crippen LogP contribution in [0.4, 0.5) is 11.4 Å². The molecule has 8 heteroatoms. The highest BCUT2D eigenvalue weighted by atomic mass is 32.2. The van der Waals surface area contributed by atoms with Gasteiger partial charge in [0.1, 0.15) is 11.1 Å². The average Bonchev–Trinajstić information content (AvgIpc) is 2.89. The van der Waals surface area contributed by atoms with E-state index in [1.807, 2.05) is 66.7 Å². The van der Waals surface area contributed by atoms with Crippen molar-refractivity contribution in [1.29, 1.82) is 5.26 Å². The minimum Gasteiger partial charge on any atom is -0.325 e. The highest BCUT2D eigenvalue weighted by molar-refractivity contribution is 8.00. The van der Waals surface area contributed by atoms with E-state index in [2.05, 4.69) is 11.4 Å². The Hall–Kier alpha value is -4.48. The molecule has 3 aromatic carbocycles. The molecule has 0 aliphatic heterocycles. The minimum absolute atomic E-state index is 0.111. The van der Waals surface area contributed by atoms with Crippen LogP contribution in [0.3, 0.4) is 0 Å². The Morgan fingerprint density at radius 1 is 1.00 bits per heavy atom. The van der Waals surface area contributed by atoms with Crippen molar-refractivity contribution < 1.29 is 9.72 Å². The number of aromatic nitrogens is 1. The maximum absolute atomic E-state index is 12.9. The number of nitro groups is 1. The van der Waals surface area contributed by atoms with Crippen molar-refractivity contribution >= 4 is 29.0 Å². The monoisotopic (exact) mass is 480 g/mol. The van der Waals surface area contributed by atoms with E-state index in [0.717, 1.165) is 16.7 Å². The third-order valence-electron chi connectivity index (χ3n) is 5.23. The number of nitriles is 1. The molecule has 1 amide bonds. The Kier molecular flexibility index (Phi) is 7.19. The first kappa shape index (κ1) is 23.7. The van der Waals surface area contributed by atoms with Crippen molar-refractivity contribution in [3.05, 3.63) is 107 Å². The number of pyridine rings is 1. The summed E-state index contributed by atoms with van der Waals surface area (Å²) in [5.74, 6) is -0.354. The molecule has 0 bridgehead atoms. The number of nitrogens with zero attached hydrogens (tertiary/aromatic N) is 3. The van der Waals surface area contributed by atoms with E-state index < -0.39 is 10.2 Å². The van der Waals surface area contributed by atoms with Crippen molar-refractivity contribution in [2.24, 2.45) is 0 Å². The van der Waals surface area contributed by atoms with Crippen LogP contribution in [0.5, 0.6) is 0 Å². The van der Waals surface area contributed by atoms with Gasteiger partial charge in [0.2, 0.25) is 5.91 Å². The van der Waals surface area contributed by atoms with Gasteiger partial charge in [0.05, 0.1) is 21.4 Å². The lowest BCUT2D eigenvalue weighted by atomic mass is 9.99. The van der Waals surface area contributed by atoms with Gasteiger partial charge in [-0.1, -0.05) is 78.5 Å². The standard InChI is InChI=1S/C27H20N4O3S/c1-18(26(32)29-21-13-8-14-22(15-21)31(33)34)35-27-24(17-28)23(19-9-4-2-5-10-19)16-25(30-27)20-11-6-3-7-12-20/h2-16,18H,1H3,(H,29,32). The number of hydrogen-bond acceptors (Lipinski definition) is 6. The van der Waals surface area contributed by atoms with Crippen LogP contribution >= 0.6 is 11.8 Å². The molecule has 0 saturated carbocycles. The molecule has 0 fully saturated rings. The number of carbonyl (C=O) groups is 1. The van der Waals surface area contributed by atoms with Gasteiger partial charge >= 0.3 is 0 Å². The molecule has 1 unspecified atom stereocenters. The van der Waals surface area contributed by atoms with E-state index in [1.54, 1.807) is 13.0 Å². The zero-order chi connectivity index (χ0) is 24.8. The maximum Gasteiger partial charge on any atom is 0.271 e. The van der Waals surface area contributed by atoms with Crippen LogP contribution in [0.2, 0.25) is 0 Å². The molecule has 0 aliphatic rings. The van der Waals surface area contributed by atoms with Crippen molar-refractivity contribution in [2.75, 3.05) is 5.32 Å². The number of hydrogen-bond donors (Lipinski definition) is 1. The van der Waals surface area contributed by atoms with Crippen molar-refractivity contribution in [1.82, 2.24) is 4.98 Å². The second kappa shape index (κ2) is 10.6. The summed E-state index contributed by atoms with van der Waals surface area (Å²) in [6.07, 6.45) is 0. The Morgan fingerprint density at radius 3 is 2.29 bits per heavy atom. The number of rotatable bonds is 7. The highest BCUT2D eigenvalue weighted by Gasteiger charge is 2.22. The SMILES string of the molecule is CC(Sc1nc(-c2ccccc2)cc(-c2ccccc2)c1C#N)C(=O)Nc1cccc([N+](=O)[O-])c1. The van der Waals surface area contributed by atoms with Crippen LogP contribution in [0, 0.1) is 21.4 Å². The first-order valence-corrected chi connectivity index (χ1v) is 11.6. The predicted molar refractivity (Wildman–Crippen MR) is 137 cm³/mol. The summed E-state index contributed by atoms with van der Waals surface area (Å²) in [5.41, 5.74) is 3.79. The van der Waals surface area contributed by atoms with Gasteiger partial charge in [-0.3, -0.25) is 14.9 Å². The Morgan fingerprint density at radius 2 is 1.66 bits per heavy atom. The summed E-state index contributed by atoms with van der Waals surface area (Å²) in [6, 6.07) is 29.1. The van der Waals surface area contributed by atoms with Gasteiger partial charge in [0.15, 0.2) is 0 Å². The molecule has 0 radical (unpaired) electrons. The van der Waals surface area contributed by atoms with Gasteiger partial charge in [-0.25, -0.2) is 4.98 Å². The van der Waals surface area contributed by atoms with Gasteiger partial charge in [-0.15, -0.1) is 0 Å². The van der Waals surface area contributed by atoms with Crippen LogP contribution in [0.1, 0.15) is 12.5 Å². The Labute approximate surface area is 206 Å². The molecule has 0 saturated heterocycles. The zero-order valence-electron chi connectivity index (χ0n) is 18.7. The molecule has 7 nitrogen and oxygen atoms in total. The van der Waals surface area contributed by atoms with E-state index in [-0.39, 0.29) is 11.6 Å². The Balaban J connectivity index is 1.69. The van der Waals surface area contributed by atoms with Crippen LogP contribution in [0.25, 0.3) is 22.4 Å². The minimum atomic E-state index is -0.622. The molecule has 4 aromatic rings. The molecule has 35 heavy (non-hydrogen) atoms. The average molecular weight is 481 g/mol. The fraction of sp³-hybridized carbons (Fsp3) is 0.0741. The summed E-state index contributed by atoms with van der Waals surface area (Å²) >= 11 is 1.17. The van der Waals surface area contributed by atoms with Gasteiger partial charge in [0.25, 0.3) is 5.69 Å². The number of amides is 1. The Bertz CT molecular complexity index is 1420. The van der Waals surface area contributed by atoms with Gasteiger partial charge in [0, 0.05) is 28.9 Å². The number of carbonyl (C=O) groups excluding carboxylic acids is 1. The number of non-ortho nitro benzene ring substituents is 1. The summed E-state index contributed by atoms with van der Waals surface area (Å²) in [4.78, 5) is 28.1. The summed E-state index contributed by atoms with van der Waals surface area (Å²) in [6.45, 7) is 1.71. The second-order valence-electron chi connectivity index (χ2n) is 7.64.